The summed E-state index contributed by atoms with van der Waals surface area (Å²) in [7, 11) is -3.93. The first kappa shape index (κ1) is 26.2. The highest BCUT2D eigenvalue weighted by atomic mass is 32.2. The summed E-state index contributed by atoms with van der Waals surface area (Å²) in [6, 6.07) is 15.3. The molecule has 15 nitrogen and oxygen atoms in total. The number of nitro groups is 3. The third-order valence-electron chi connectivity index (χ3n) is 4.30. The molecule has 180 valence electrons. The molecule has 3 rings (SSSR count). The molecule has 16 heteroatoms. The van der Waals surface area contributed by atoms with Crippen LogP contribution in [-0.4, -0.2) is 34.9 Å². The molecule has 0 amide bonds. The zero-order valence-corrected chi connectivity index (χ0v) is 18.3. The van der Waals surface area contributed by atoms with Gasteiger partial charge in [-0.05, 0) is 12.1 Å². The van der Waals surface area contributed by atoms with Crippen molar-refractivity contribution in [2.45, 2.75) is 4.90 Å². The lowest BCUT2D eigenvalue weighted by molar-refractivity contribution is -0.407. The molecular formula is C19H13N5O10S. The summed E-state index contributed by atoms with van der Waals surface area (Å²) in [5.41, 5.74) is -1.81. The standard InChI is InChI=1S/C13H11N2O.C6H3N3O9S/c1-16-13-9-5-3-7-11(13)10-6-2-4-8-12(10)15-14;10-7(11)3-1-4(8(12)13)6(19(16,17)18)5(2-3)9(14)15/h2-9H,1H3;1-2H,(H,16,17,18)/q+1;/p-1. The quantitative estimate of drug-likeness (QED) is 0.201. The van der Waals surface area contributed by atoms with E-state index in [2.05, 4.69) is 4.98 Å². The Kier molecular flexibility index (Phi) is 8.05. The van der Waals surface area contributed by atoms with Gasteiger partial charge in [-0.2, -0.15) is 0 Å². The molecule has 0 saturated heterocycles. The zero-order chi connectivity index (χ0) is 26.3. The molecule has 3 aromatic rings. The van der Waals surface area contributed by atoms with Crippen molar-refractivity contribution < 1.29 is 32.5 Å². The summed E-state index contributed by atoms with van der Waals surface area (Å²) in [6.45, 7) is 0. The van der Waals surface area contributed by atoms with Crippen LogP contribution < -0.4 is 4.74 Å². The summed E-state index contributed by atoms with van der Waals surface area (Å²) < 4.78 is 37.8. The number of nitrogens with zero attached hydrogens (tertiary/aromatic N) is 5. The first-order valence-corrected chi connectivity index (χ1v) is 10.5. The lowest BCUT2D eigenvalue weighted by atomic mass is 10.0. The second kappa shape index (κ2) is 10.7. The number of diazo groups is 1. The minimum atomic E-state index is -5.55. The third kappa shape index (κ3) is 6.07. The van der Waals surface area contributed by atoms with Crippen LogP contribution in [0.4, 0.5) is 22.7 Å². The van der Waals surface area contributed by atoms with Crippen LogP contribution in [0.15, 0.2) is 65.6 Å². The lowest BCUT2D eigenvalue weighted by Gasteiger charge is -2.07. The van der Waals surface area contributed by atoms with Crippen molar-refractivity contribution in [2.24, 2.45) is 0 Å². The van der Waals surface area contributed by atoms with Crippen LogP contribution in [0.1, 0.15) is 0 Å². The van der Waals surface area contributed by atoms with Gasteiger partial charge >= 0.3 is 17.1 Å². The highest BCUT2D eigenvalue weighted by molar-refractivity contribution is 7.86. The van der Waals surface area contributed by atoms with Gasteiger partial charge in [0, 0.05) is 11.6 Å². The molecule has 0 aromatic heterocycles. The molecule has 0 fully saturated rings. The molecule has 0 saturated carbocycles. The van der Waals surface area contributed by atoms with E-state index in [1.165, 1.54) is 0 Å². The van der Waals surface area contributed by atoms with Crippen molar-refractivity contribution in [3.8, 4) is 16.9 Å². The topological polar surface area (TPSA) is 224 Å². The van der Waals surface area contributed by atoms with Crippen molar-refractivity contribution in [1.82, 2.24) is 0 Å². The monoisotopic (exact) mass is 503 g/mol. The van der Waals surface area contributed by atoms with E-state index < -0.39 is 46.8 Å². The Labute approximate surface area is 196 Å². The SMILES string of the molecule is COc1ccccc1-c1ccccc1[N+]#N.O=[N+]([O-])c1cc([N+](=O)[O-])c(S(=O)(=O)[O-])c([N+](=O)[O-])c1. The molecule has 0 radical (unpaired) electrons. The van der Waals surface area contributed by atoms with Crippen LogP contribution in [-0.2, 0) is 10.1 Å². The van der Waals surface area contributed by atoms with Gasteiger partial charge in [0.15, 0.2) is 4.98 Å². The maximum absolute atomic E-state index is 10.8. The van der Waals surface area contributed by atoms with E-state index in [1.54, 1.807) is 13.2 Å². The van der Waals surface area contributed by atoms with Gasteiger partial charge in [0.1, 0.15) is 15.9 Å². The number of benzene rings is 3. The van der Waals surface area contributed by atoms with Crippen LogP contribution in [0.5, 0.6) is 5.75 Å². The van der Waals surface area contributed by atoms with E-state index in [1.807, 2.05) is 42.5 Å². The van der Waals surface area contributed by atoms with Crippen molar-refractivity contribution in [3.05, 3.63) is 96.0 Å². The summed E-state index contributed by atoms with van der Waals surface area (Å²) in [5.74, 6) is 0.763. The fraction of sp³-hybridized carbons (Fsp3) is 0.0526. The Hall–Kier alpha value is -5.01. The van der Waals surface area contributed by atoms with Crippen molar-refractivity contribution in [2.75, 3.05) is 7.11 Å². The Morgan fingerprint density at radius 3 is 1.74 bits per heavy atom. The highest BCUT2D eigenvalue weighted by Gasteiger charge is 2.34. The number of methoxy groups -OCH3 is 1. The zero-order valence-electron chi connectivity index (χ0n) is 17.5. The minimum Gasteiger partial charge on any atom is -0.744 e. The van der Waals surface area contributed by atoms with Crippen molar-refractivity contribution in [3.63, 3.8) is 0 Å². The third-order valence-corrected chi connectivity index (χ3v) is 5.22. The second-order valence-corrected chi connectivity index (χ2v) is 7.67. The molecule has 0 atom stereocenters. The number of hydrogen-bond donors (Lipinski definition) is 0. The van der Waals surface area contributed by atoms with E-state index in [-0.39, 0.29) is 12.1 Å². The molecule has 0 aliphatic rings. The average molecular weight is 503 g/mol. The van der Waals surface area contributed by atoms with Gasteiger partial charge in [0.25, 0.3) is 5.69 Å². The molecule has 0 heterocycles. The molecular weight excluding hydrogens is 490 g/mol. The summed E-state index contributed by atoms with van der Waals surface area (Å²) in [5, 5.41) is 40.5. The molecule has 0 bridgehead atoms. The predicted molar refractivity (Wildman–Crippen MR) is 118 cm³/mol. The number of ether oxygens (including phenoxy) is 1. The van der Waals surface area contributed by atoms with E-state index in [0.29, 0.717) is 5.69 Å². The van der Waals surface area contributed by atoms with Crippen molar-refractivity contribution in [1.29, 1.82) is 5.39 Å². The Bertz CT molecular complexity index is 1430. The smallest absolute Gasteiger partial charge is 0.392 e. The molecule has 0 aliphatic carbocycles. The summed E-state index contributed by atoms with van der Waals surface area (Å²) >= 11 is 0. The molecule has 0 aliphatic heterocycles. The van der Waals surface area contributed by atoms with E-state index in [9.17, 15) is 43.3 Å². The van der Waals surface area contributed by atoms with Crippen LogP contribution >= 0.6 is 0 Å². The van der Waals surface area contributed by atoms with Gasteiger partial charge < -0.3 is 9.29 Å². The first-order chi connectivity index (χ1) is 16.4. The Morgan fingerprint density at radius 1 is 0.829 bits per heavy atom. The number of non-ortho nitro benzene ring substituents is 1. The van der Waals surface area contributed by atoms with Gasteiger partial charge in [0.05, 0.1) is 39.6 Å². The summed E-state index contributed by atoms with van der Waals surface area (Å²) in [6.07, 6.45) is 0. The van der Waals surface area contributed by atoms with Crippen LogP contribution in [0.3, 0.4) is 0 Å². The fourth-order valence-corrected chi connectivity index (χ4v) is 3.65. The average Bonchev–Trinajstić information content (AvgIpc) is 2.82. The predicted octanol–water partition coefficient (Wildman–Crippen LogP) is 4.16. The lowest BCUT2D eigenvalue weighted by Crippen LogP contribution is -2.08. The van der Waals surface area contributed by atoms with E-state index in [4.69, 9.17) is 10.1 Å². The Balaban J connectivity index is 0.000000250. The van der Waals surface area contributed by atoms with Crippen LogP contribution in [0, 0.1) is 35.7 Å². The largest absolute Gasteiger partial charge is 0.744 e. The van der Waals surface area contributed by atoms with Crippen LogP contribution in [0.25, 0.3) is 16.1 Å². The van der Waals surface area contributed by atoms with Gasteiger partial charge in [0.2, 0.25) is 10.3 Å². The van der Waals surface area contributed by atoms with E-state index >= 15 is 0 Å². The number of rotatable bonds is 6. The van der Waals surface area contributed by atoms with Gasteiger partial charge in [-0.15, -0.1) is 0 Å². The van der Waals surface area contributed by atoms with E-state index in [0.717, 1.165) is 16.9 Å². The number of nitro benzene ring substituents is 3. The first-order valence-electron chi connectivity index (χ1n) is 9.07. The van der Waals surface area contributed by atoms with Gasteiger partial charge in [-0.1, -0.05) is 30.3 Å². The Morgan fingerprint density at radius 2 is 1.31 bits per heavy atom. The fourth-order valence-electron chi connectivity index (χ4n) is 2.87. The van der Waals surface area contributed by atoms with Gasteiger partial charge in [-0.3, -0.25) is 30.3 Å². The maximum Gasteiger partial charge on any atom is 0.392 e. The highest BCUT2D eigenvalue weighted by Crippen LogP contribution is 2.37. The van der Waals surface area contributed by atoms with Gasteiger partial charge in [-0.25, -0.2) is 8.42 Å². The molecule has 0 N–H and O–H groups in total. The normalized spacial score (nSPS) is 10.3. The molecule has 35 heavy (non-hydrogen) atoms. The molecule has 3 aromatic carbocycles. The van der Waals surface area contributed by atoms with Crippen LogP contribution in [0.2, 0.25) is 0 Å². The number of hydrogen-bond acceptors (Lipinski definition) is 11. The maximum atomic E-state index is 10.8. The molecule has 0 spiro atoms. The second-order valence-electron chi connectivity index (χ2n) is 6.36. The number of para-hydroxylation sites is 1. The molecule has 0 unspecified atom stereocenters. The van der Waals surface area contributed by atoms with Crippen molar-refractivity contribution >= 4 is 32.9 Å². The summed E-state index contributed by atoms with van der Waals surface area (Å²) in [4.78, 5) is 29.1. The minimum absolute atomic E-state index is 0.164.